The first kappa shape index (κ1) is 21.9. The Kier molecular flexibility index (Phi) is 8.34. The highest BCUT2D eigenvalue weighted by Gasteiger charge is 2.18. The molecule has 1 fully saturated rings. The van der Waals surface area contributed by atoms with Crippen LogP contribution >= 0.6 is 35.6 Å². The highest BCUT2D eigenvalue weighted by molar-refractivity contribution is 14.0. The molecule has 0 saturated heterocycles. The standard InChI is InChI=1S/C19H27ClN6.HI/c1-13(16-10-6-7-11-17(16)20)22-19(23-15-8-4-5-9-15)21-12-18-25-24-14(2)26(18)3;/h6-7,10-11,13,15H,4-5,8-9,12H2,1-3H3,(H2,21,22,23);1H. The van der Waals surface area contributed by atoms with Gasteiger partial charge < -0.3 is 15.2 Å². The highest BCUT2D eigenvalue weighted by Crippen LogP contribution is 2.22. The number of aryl methyl sites for hydroxylation is 1. The molecule has 1 aromatic carbocycles. The summed E-state index contributed by atoms with van der Waals surface area (Å²) in [6, 6.07) is 8.43. The van der Waals surface area contributed by atoms with Gasteiger partial charge in [0.05, 0.1) is 6.04 Å². The summed E-state index contributed by atoms with van der Waals surface area (Å²) >= 11 is 6.35. The molecule has 148 valence electrons. The van der Waals surface area contributed by atoms with E-state index in [0.717, 1.165) is 28.2 Å². The first-order chi connectivity index (χ1) is 12.5. The van der Waals surface area contributed by atoms with Gasteiger partial charge in [-0.1, -0.05) is 42.6 Å². The Hall–Kier alpha value is -1.35. The minimum absolute atomic E-state index is 0. The van der Waals surface area contributed by atoms with Crippen molar-refractivity contribution >= 4 is 41.5 Å². The molecule has 2 aromatic rings. The summed E-state index contributed by atoms with van der Waals surface area (Å²) in [4.78, 5) is 4.75. The molecule has 27 heavy (non-hydrogen) atoms. The van der Waals surface area contributed by atoms with E-state index in [2.05, 4.69) is 27.8 Å². The van der Waals surface area contributed by atoms with E-state index in [1.54, 1.807) is 0 Å². The highest BCUT2D eigenvalue weighted by atomic mass is 127. The van der Waals surface area contributed by atoms with Crippen LogP contribution in [0.5, 0.6) is 0 Å². The number of benzene rings is 1. The molecule has 3 rings (SSSR count). The minimum Gasteiger partial charge on any atom is -0.354 e. The fraction of sp³-hybridized carbons (Fsp3) is 0.526. The van der Waals surface area contributed by atoms with Gasteiger partial charge in [-0.15, -0.1) is 34.2 Å². The fourth-order valence-electron chi connectivity index (χ4n) is 3.24. The number of nitrogens with zero attached hydrogens (tertiary/aromatic N) is 4. The number of aromatic nitrogens is 3. The summed E-state index contributed by atoms with van der Waals surface area (Å²) in [7, 11) is 1.96. The Morgan fingerprint density at radius 2 is 2.00 bits per heavy atom. The summed E-state index contributed by atoms with van der Waals surface area (Å²) in [5, 5.41) is 16.1. The third-order valence-corrected chi connectivity index (χ3v) is 5.33. The van der Waals surface area contributed by atoms with Crippen molar-refractivity contribution in [2.24, 2.45) is 12.0 Å². The van der Waals surface area contributed by atoms with E-state index >= 15 is 0 Å². The molecular formula is C19H28ClIN6. The maximum atomic E-state index is 6.35. The third kappa shape index (κ3) is 5.81. The molecule has 0 amide bonds. The summed E-state index contributed by atoms with van der Waals surface area (Å²) in [5.41, 5.74) is 1.06. The van der Waals surface area contributed by atoms with Crippen molar-refractivity contribution in [3.8, 4) is 0 Å². The molecule has 1 aliphatic carbocycles. The predicted octanol–water partition coefficient (Wildman–Crippen LogP) is 4.13. The molecule has 1 aromatic heterocycles. The van der Waals surface area contributed by atoms with E-state index in [0.29, 0.717) is 12.6 Å². The Morgan fingerprint density at radius 1 is 1.30 bits per heavy atom. The molecule has 1 saturated carbocycles. The van der Waals surface area contributed by atoms with E-state index in [1.165, 1.54) is 25.7 Å². The monoisotopic (exact) mass is 502 g/mol. The Morgan fingerprint density at radius 3 is 2.63 bits per heavy atom. The Bertz CT molecular complexity index is 769. The van der Waals surface area contributed by atoms with Crippen molar-refractivity contribution in [3.63, 3.8) is 0 Å². The van der Waals surface area contributed by atoms with Gasteiger partial charge in [0.25, 0.3) is 0 Å². The lowest BCUT2D eigenvalue weighted by atomic mass is 10.1. The first-order valence-corrected chi connectivity index (χ1v) is 9.59. The number of rotatable bonds is 5. The third-order valence-electron chi connectivity index (χ3n) is 4.98. The average molecular weight is 503 g/mol. The van der Waals surface area contributed by atoms with Crippen molar-refractivity contribution in [3.05, 3.63) is 46.5 Å². The molecule has 0 spiro atoms. The molecular weight excluding hydrogens is 475 g/mol. The molecule has 1 aliphatic rings. The van der Waals surface area contributed by atoms with Crippen LogP contribution in [0.25, 0.3) is 0 Å². The molecule has 0 aliphatic heterocycles. The van der Waals surface area contributed by atoms with Crippen LogP contribution in [-0.4, -0.2) is 26.8 Å². The molecule has 8 heteroatoms. The zero-order chi connectivity index (χ0) is 18.5. The largest absolute Gasteiger partial charge is 0.354 e. The second-order valence-electron chi connectivity index (χ2n) is 6.90. The fourth-order valence-corrected chi connectivity index (χ4v) is 3.54. The number of aliphatic imine (C=N–C) groups is 1. The Labute approximate surface area is 183 Å². The molecule has 1 heterocycles. The van der Waals surface area contributed by atoms with Crippen molar-refractivity contribution < 1.29 is 0 Å². The maximum absolute atomic E-state index is 6.35. The van der Waals surface area contributed by atoms with Crippen LogP contribution in [0.3, 0.4) is 0 Å². The zero-order valence-electron chi connectivity index (χ0n) is 16.1. The number of halogens is 2. The lowest BCUT2D eigenvalue weighted by molar-refractivity contribution is 0.592. The normalized spacial score (nSPS) is 16.1. The number of nitrogens with one attached hydrogen (secondary N) is 2. The lowest BCUT2D eigenvalue weighted by Crippen LogP contribution is -2.43. The van der Waals surface area contributed by atoms with Crippen LogP contribution in [0.2, 0.25) is 5.02 Å². The smallest absolute Gasteiger partial charge is 0.192 e. The van der Waals surface area contributed by atoms with Gasteiger partial charge in [-0.3, -0.25) is 0 Å². The second kappa shape index (κ2) is 10.3. The van der Waals surface area contributed by atoms with Gasteiger partial charge in [0.2, 0.25) is 0 Å². The van der Waals surface area contributed by atoms with Crippen molar-refractivity contribution in [2.45, 2.75) is 58.2 Å². The van der Waals surface area contributed by atoms with Crippen molar-refractivity contribution in [2.75, 3.05) is 0 Å². The van der Waals surface area contributed by atoms with Crippen LogP contribution in [-0.2, 0) is 13.6 Å². The minimum atomic E-state index is 0. The van der Waals surface area contributed by atoms with E-state index in [1.807, 2.05) is 42.8 Å². The second-order valence-corrected chi connectivity index (χ2v) is 7.31. The average Bonchev–Trinajstić information content (AvgIpc) is 3.24. The maximum Gasteiger partial charge on any atom is 0.192 e. The SMILES string of the molecule is Cc1nnc(CN=C(NC2CCCC2)NC(C)c2ccccc2Cl)n1C.I. The number of hydrogen-bond donors (Lipinski definition) is 2. The summed E-state index contributed by atoms with van der Waals surface area (Å²) in [6.45, 7) is 4.52. The number of hydrogen-bond acceptors (Lipinski definition) is 3. The molecule has 1 unspecified atom stereocenters. The molecule has 1 atom stereocenters. The summed E-state index contributed by atoms with van der Waals surface area (Å²) in [5.74, 6) is 2.53. The number of guanidine groups is 1. The lowest BCUT2D eigenvalue weighted by Gasteiger charge is -2.22. The van der Waals surface area contributed by atoms with Crippen molar-refractivity contribution in [1.82, 2.24) is 25.4 Å². The molecule has 6 nitrogen and oxygen atoms in total. The van der Waals surface area contributed by atoms with E-state index in [-0.39, 0.29) is 30.0 Å². The van der Waals surface area contributed by atoms with Crippen LogP contribution in [0.4, 0.5) is 0 Å². The van der Waals surface area contributed by atoms with E-state index in [9.17, 15) is 0 Å². The predicted molar refractivity (Wildman–Crippen MR) is 121 cm³/mol. The van der Waals surface area contributed by atoms with Gasteiger partial charge in [0.1, 0.15) is 12.4 Å². The van der Waals surface area contributed by atoms with Crippen LogP contribution in [0.15, 0.2) is 29.3 Å². The summed E-state index contributed by atoms with van der Waals surface area (Å²) in [6.07, 6.45) is 4.91. The zero-order valence-corrected chi connectivity index (χ0v) is 19.2. The first-order valence-electron chi connectivity index (χ1n) is 9.21. The van der Waals surface area contributed by atoms with Crippen LogP contribution < -0.4 is 10.6 Å². The van der Waals surface area contributed by atoms with Gasteiger partial charge in [0.15, 0.2) is 11.8 Å². The molecule has 2 N–H and O–H groups in total. The van der Waals surface area contributed by atoms with Crippen LogP contribution in [0.1, 0.15) is 55.9 Å². The quantitative estimate of drug-likeness (QED) is 0.366. The van der Waals surface area contributed by atoms with Gasteiger partial charge in [-0.25, -0.2) is 4.99 Å². The van der Waals surface area contributed by atoms with Gasteiger partial charge in [0, 0.05) is 18.1 Å². The molecule has 0 bridgehead atoms. The van der Waals surface area contributed by atoms with Crippen molar-refractivity contribution in [1.29, 1.82) is 0 Å². The summed E-state index contributed by atoms with van der Waals surface area (Å²) < 4.78 is 1.97. The van der Waals surface area contributed by atoms with Gasteiger partial charge in [-0.2, -0.15) is 0 Å². The van der Waals surface area contributed by atoms with Crippen LogP contribution in [0, 0.1) is 6.92 Å². The molecule has 0 radical (unpaired) electrons. The van der Waals surface area contributed by atoms with E-state index in [4.69, 9.17) is 16.6 Å². The topological polar surface area (TPSA) is 67.1 Å². The van der Waals surface area contributed by atoms with E-state index < -0.39 is 0 Å². The van der Waals surface area contributed by atoms with Gasteiger partial charge in [-0.05, 0) is 38.3 Å². The van der Waals surface area contributed by atoms with Gasteiger partial charge >= 0.3 is 0 Å². The Balaban J connectivity index is 0.00000261.